The number of hydrogen-bond acceptors (Lipinski definition) is 7. The molecule has 2 N–H and O–H groups in total. The van der Waals surface area contributed by atoms with E-state index in [0.29, 0.717) is 6.20 Å². The van der Waals surface area contributed by atoms with Gasteiger partial charge >= 0.3 is 13.7 Å². The van der Waals surface area contributed by atoms with Gasteiger partial charge in [0, 0.05) is 0 Å². The molecule has 0 radical (unpaired) electrons. The third kappa shape index (κ3) is 2.47. The molecule has 0 spiro atoms. The topological polar surface area (TPSA) is 120 Å². The highest BCUT2D eigenvalue weighted by molar-refractivity contribution is 7.38. The van der Waals surface area contributed by atoms with Crippen LogP contribution >= 0.6 is 8.03 Å². The van der Waals surface area contributed by atoms with E-state index in [4.69, 9.17) is 14.0 Å². The summed E-state index contributed by atoms with van der Waals surface area (Å²) in [6, 6.07) is 0. The lowest BCUT2D eigenvalue weighted by molar-refractivity contribution is -0.215. The zero-order valence-electron chi connectivity index (χ0n) is 12.3. The van der Waals surface area contributed by atoms with Crippen molar-refractivity contribution in [3.8, 4) is 0 Å². The Morgan fingerprint density at radius 2 is 2.26 bits per heavy atom. The maximum absolute atomic E-state index is 13.5. The number of aromatic amines is 1. The first-order valence-electron chi connectivity index (χ1n) is 6.82. The summed E-state index contributed by atoms with van der Waals surface area (Å²) in [6.45, 7) is 2.78. The maximum atomic E-state index is 13.5. The third-order valence-corrected chi connectivity index (χ3v) is 4.65. The summed E-state index contributed by atoms with van der Waals surface area (Å²) >= 11 is 0. The zero-order chi connectivity index (χ0) is 16.9. The van der Waals surface area contributed by atoms with Crippen LogP contribution in [0.2, 0.25) is 0 Å². The van der Waals surface area contributed by atoms with Crippen LogP contribution in [0.25, 0.3) is 0 Å². The van der Waals surface area contributed by atoms with Crippen molar-refractivity contribution in [3.63, 3.8) is 0 Å². The normalized spacial score (nSPS) is 36.4. The largest absolute Gasteiger partial charge is 0.504 e. The van der Waals surface area contributed by atoms with Gasteiger partial charge < -0.3 is 14.6 Å². The molecule has 0 saturated carbocycles. The molecule has 0 amide bonds. The lowest BCUT2D eigenvalue weighted by Crippen LogP contribution is -2.50. The Labute approximate surface area is 129 Å². The molecular weight excluding hydrogens is 334 g/mol. The fourth-order valence-corrected chi connectivity index (χ4v) is 3.30. The Balaban J connectivity index is 1.97. The molecule has 2 fully saturated rings. The minimum Gasteiger partial charge on any atom is -0.387 e. The molecule has 126 valence electrons. The molecule has 0 aromatic carbocycles. The molecule has 1 aromatic heterocycles. The van der Waals surface area contributed by atoms with Crippen LogP contribution in [0.4, 0.5) is 4.39 Å². The van der Waals surface area contributed by atoms with Crippen molar-refractivity contribution in [1.82, 2.24) is 9.55 Å². The number of fused-ring (bicyclic) bond motifs is 2. The first kappa shape index (κ1) is 16.4. The number of nitrogens with one attached hydrogen (secondary N) is 1. The van der Waals surface area contributed by atoms with E-state index in [9.17, 15) is 23.7 Å². The van der Waals surface area contributed by atoms with Gasteiger partial charge in [-0.25, -0.2) is 4.79 Å². The standard InChI is InChI=1S/C12H14FN2O7P/c1-5-12(4-20-23(2)19)8(16)7(21-5)10(22-12)15-3-6(13)9(17)14-11(15)18/h3,5,7-8,10,16H,4H2,1-2H3/p+1/t5-,7+,8-,10+,12-/m0/s1. The van der Waals surface area contributed by atoms with Gasteiger partial charge in [0.15, 0.2) is 18.5 Å². The Kier molecular flexibility index (Phi) is 3.97. The summed E-state index contributed by atoms with van der Waals surface area (Å²) in [5.41, 5.74) is -3.37. The van der Waals surface area contributed by atoms with Crippen molar-refractivity contribution in [1.29, 1.82) is 0 Å². The van der Waals surface area contributed by atoms with Gasteiger partial charge in [0.25, 0.3) is 5.56 Å². The number of hydrogen-bond donors (Lipinski definition) is 2. The molecule has 1 aromatic rings. The van der Waals surface area contributed by atoms with Crippen LogP contribution in [0.1, 0.15) is 13.2 Å². The predicted octanol–water partition coefficient (Wildman–Crippen LogP) is -0.520. The van der Waals surface area contributed by atoms with Crippen LogP contribution in [-0.4, -0.2) is 51.8 Å². The molecule has 1 unspecified atom stereocenters. The molecule has 2 aliphatic heterocycles. The second-order valence-corrected chi connectivity index (χ2v) is 6.65. The molecule has 3 heterocycles. The van der Waals surface area contributed by atoms with E-state index < -0.39 is 55.2 Å². The van der Waals surface area contributed by atoms with E-state index in [1.165, 1.54) is 6.66 Å². The van der Waals surface area contributed by atoms with Gasteiger partial charge in [0.2, 0.25) is 5.82 Å². The summed E-state index contributed by atoms with van der Waals surface area (Å²) in [5.74, 6) is -1.17. The number of aliphatic hydroxyl groups is 1. The summed E-state index contributed by atoms with van der Waals surface area (Å²) < 4.78 is 41.8. The van der Waals surface area contributed by atoms with Gasteiger partial charge in [0.1, 0.15) is 18.8 Å². The molecule has 9 nitrogen and oxygen atoms in total. The SMILES string of the molecule is C[C@@H]1O[C@H]2[C@H](n3cc(F)c(=O)[nH]c3=O)O[C@]1(CO[P+](C)=O)[C@H]2O. The highest BCUT2D eigenvalue weighted by Crippen LogP contribution is 2.49. The highest BCUT2D eigenvalue weighted by atomic mass is 31.1. The minimum atomic E-state index is -1.93. The van der Waals surface area contributed by atoms with Crippen LogP contribution in [0.5, 0.6) is 0 Å². The summed E-state index contributed by atoms with van der Waals surface area (Å²) in [5, 5.41) is 10.4. The second-order valence-electron chi connectivity index (χ2n) is 5.51. The first-order chi connectivity index (χ1) is 10.8. The van der Waals surface area contributed by atoms with Crippen molar-refractivity contribution in [2.45, 2.75) is 37.1 Å². The number of nitrogens with zero attached hydrogens (tertiary/aromatic N) is 1. The molecular formula is C12H15FN2O7P+. The fraction of sp³-hybridized carbons (Fsp3) is 0.667. The fourth-order valence-electron chi connectivity index (χ4n) is 2.92. The average molecular weight is 349 g/mol. The van der Waals surface area contributed by atoms with Crippen molar-refractivity contribution in [3.05, 3.63) is 32.9 Å². The zero-order valence-corrected chi connectivity index (χ0v) is 13.2. The summed E-state index contributed by atoms with van der Waals surface area (Å²) in [7, 11) is -1.93. The Hall–Kier alpha value is -1.45. The van der Waals surface area contributed by atoms with Gasteiger partial charge in [-0.3, -0.25) is 14.3 Å². The van der Waals surface area contributed by atoms with Crippen LogP contribution in [0, 0.1) is 5.82 Å². The smallest absolute Gasteiger partial charge is 0.387 e. The first-order valence-corrected chi connectivity index (χ1v) is 8.45. The van der Waals surface area contributed by atoms with Gasteiger partial charge in [-0.1, -0.05) is 0 Å². The maximum Gasteiger partial charge on any atom is 0.504 e. The summed E-state index contributed by atoms with van der Waals surface area (Å²) in [4.78, 5) is 24.8. The van der Waals surface area contributed by atoms with Gasteiger partial charge in [-0.05, 0) is 11.5 Å². The molecule has 0 aliphatic carbocycles. The number of ether oxygens (including phenoxy) is 2. The molecule has 3 rings (SSSR count). The lowest BCUT2D eigenvalue weighted by atomic mass is 9.94. The van der Waals surface area contributed by atoms with Crippen molar-refractivity contribution >= 4 is 8.03 Å². The highest BCUT2D eigenvalue weighted by Gasteiger charge is 2.66. The number of aliphatic hydroxyl groups excluding tert-OH is 1. The van der Waals surface area contributed by atoms with E-state index in [1.54, 1.807) is 6.92 Å². The van der Waals surface area contributed by atoms with Gasteiger partial charge in [-0.2, -0.15) is 4.39 Å². The second kappa shape index (κ2) is 5.57. The van der Waals surface area contributed by atoms with E-state index >= 15 is 0 Å². The Morgan fingerprint density at radius 3 is 2.91 bits per heavy atom. The van der Waals surface area contributed by atoms with Crippen LogP contribution < -0.4 is 11.2 Å². The quantitative estimate of drug-likeness (QED) is 0.702. The van der Waals surface area contributed by atoms with E-state index in [2.05, 4.69) is 0 Å². The molecule has 23 heavy (non-hydrogen) atoms. The van der Waals surface area contributed by atoms with Crippen molar-refractivity contribution in [2.75, 3.05) is 13.3 Å². The van der Waals surface area contributed by atoms with Crippen molar-refractivity contribution < 1.29 is 28.1 Å². The molecule has 11 heteroatoms. The van der Waals surface area contributed by atoms with Crippen LogP contribution in [-0.2, 0) is 18.6 Å². The number of H-pyrrole nitrogens is 1. The third-order valence-electron chi connectivity index (χ3n) is 4.15. The number of rotatable bonds is 4. The van der Waals surface area contributed by atoms with Crippen LogP contribution in [0.3, 0.4) is 0 Å². The predicted molar refractivity (Wildman–Crippen MR) is 74.0 cm³/mol. The molecule has 2 aliphatic rings. The van der Waals surface area contributed by atoms with E-state index in [-0.39, 0.29) is 6.61 Å². The van der Waals surface area contributed by atoms with Crippen molar-refractivity contribution in [2.24, 2.45) is 0 Å². The van der Waals surface area contributed by atoms with Gasteiger partial charge in [-0.15, -0.1) is 4.52 Å². The molecule has 2 bridgehead atoms. The van der Waals surface area contributed by atoms with Crippen LogP contribution in [0.15, 0.2) is 15.8 Å². The Morgan fingerprint density at radius 1 is 1.57 bits per heavy atom. The van der Waals surface area contributed by atoms with E-state index in [1.807, 2.05) is 4.98 Å². The number of halogens is 1. The number of aromatic nitrogens is 2. The van der Waals surface area contributed by atoms with E-state index in [0.717, 1.165) is 4.57 Å². The van der Waals surface area contributed by atoms with Gasteiger partial charge in [0.05, 0.1) is 12.3 Å². The monoisotopic (exact) mass is 349 g/mol. The molecule has 2 saturated heterocycles. The average Bonchev–Trinajstić information content (AvgIpc) is 2.88. The minimum absolute atomic E-state index is 0.214. The summed E-state index contributed by atoms with van der Waals surface area (Å²) in [6.07, 6.45) is -3.15. The Bertz CT molecular complexity index is 765. The lowest BCUT2D eigenvalue weighted by Gasteiger charge is -2.34. The molecule has 6 atom stereocenters.